The molecule has 150 valence electrons. The van der Waals surface area contributed by atoms with Crippen molar-refractivity contribution >= 4 is 34.4 Å². The molecule has 2 aromatic carbocycles. The minimum Gasteiger partial charge on any atom is -0.506 e. The number of amides is 1. The summed E-state index contributed by atoms with van der Waals surface area (Å²) in [6.07, 6.45) is 0. The number of fused-ring (bicyclic) bond motifs is 1. The first-order valence-electron chi connectivity index (χ1n) is 8.17. The van der Waals surface area contributed by atoms with Crippen molar-refractivity contribution in [3.63, 3.8) is 0 Å². The lowest BCUT2D eigenvalue weighted by Gasteiger charge is -2.13. The predicted octanol–water partition coefficient (Wildman–Crippen LogP) is 2.64. The van der Waals surface area contributed by atoms with Crippen molar-refractivity contribution in [1.29, 1.82) is 0 Å². The van der Waals surface area contributed by atoms with Gasteiger partial charge in [0.05, 0.1) is 5.52 Å². The number of nitrogens with zero attached hydrogens (tertiary/aromatic N) is 1. The number of aromatic nitrogens is 1. The molecule has 0 bridgehead atoms. The van der Waals surface area contributed by atoms with E-state index in [-0.39, 0.29) is 27.4 Å². The van der Waals surface area contributed by atoms with Crippen LogP contribution in [-0.2, 0) is 11.8 Å². The normalized spacial score (nSPS) is 10.7. The third-order valence-corrected chi connectivity index (χ3v) is 4.32. The molecule has 0 saturated heterocycles. The van der Waals surface area contributed by atoms with E-state index in [0.29, 0.717) is 0 Å². The van der Waals surface area contributed by atoms with Gasteiger partial charge >= 0.3 is 5.97 Å². The predicted molar refractivity (Wildman–Crippen MR) is 102 cm³/mol. The molecule has 8 nitrogen and oxygen atoms in total. The average molecular weight is 421 g/mol. The molecule has 3 aromatic rings. The zero-order valence-electron chi connectivity index (χ0n) is 14.9. The highest BCUT2D eigenvalue weighted by atomic mass is 35.5. The molecule has 29 heavy (non-hydrogen) atoms. The second-order valence-electron chi connectivity index (χ2n) is 6.02. The van der Waals surface area contributed by atoms with Gasteiger partial charge in [-0.05, 0) is 24.3 Å². The molecule has 10 heteroatoms. The summed E-state index contributed by atoms with van der Waals surface area (Å²) in [6.45, 7) is -0.711. The van der Waals surface area contributed by atoms with Gasteiger partial charge in [-0.15, -0.1) is 0 Å². The molecule has 0 radical (unpaired) electrons. The summed E-state index contributed by atoms with van der Waals surface area (Å²) in [5.41, 5.74) is -1.22. The number of aromatic hydroxyl groups is 1. The number of rotatable bonds is 5. The van der Waals surface area contributed by atoms with E-state index in [1.54, 1.807) is 0 Å². The number of hydrogen-bond acceptors (Lipinski definition) is 5. The Morgan fingerprint density at radius 1 is 1.24 bits per heavy atom. The molecule has 1 heterocycles. The molecule has 0 spiro atoms. The molecule has 1 aromatic heterocycles. The van der Waals surface area contributed by atoms with Crippen LogP contribution in [0.15, 0.2) is 41.2 Å². The van der Waals surface area contributed by atoms with Crippen molar-refractivity contribution in [3.8, 4) is 17.2 Å². The molecule has 1 amide bonds. The Labute approximate surface area is 167 Å². The molecule has 3 rings (SSSR count). The molecule has 3 N–H and O–H groups in total. The van der Waals surface area contributed by atoms with Crippen LogP contribution in [0.2, 0.25) is 5.02 Å². The first kappa shape index (κ1) is 20.2. The summed E-state index contributed by atoms with van der Waals surface area (Å²) in [4.78, 5) is 35.3. The van der Waals surface area contributed by atoms with Gasteiger partial charge in [0.1, 0.15) is 23.6 Å². The molecule has 0 atom stereocenters. The van der Waals surface area contributed by atoms with E-state index in [1.165, 1.54) is 37.4 Å². The number of carboxylic acid groups (broad SMARTS) is 1. The molecule has 0 aliphatic heterocycles. The second-order valence-corrected chi connectivity index (χ2v) is 6.46. The fraction of sp³-hybridized carbons (Fsp3) is 0.105. The fourth-order valence-electron chi connectivity index (χ4n) is 2.70. The Bertz CT molecular complexity index is 1210. The third-order valence-electron chi connectivity index (χ3n) is 4.09. The number of pyridine rings is 1. The summed E-state index contributed by atoms with van der Waals surface area (Å²) in [7, 11) is 1.36. The van der Waals surface area contributed by atoms with E-state index < -0.39 is 41.1 Å². The van der Waals surface area contributed by atoms with Crippen LogP contribution in [-0.4, -0.2) is 33.2 Å². The van der Waals surface area contributed by atoms with Crippen LogP contribution in [0.25, 0.3) is 10.9 Å². The standard InChI is InChI=1S/C19H14ClFN2O6/c1-23-13-7-10(29-14-6-9(20)2-5-12(14)21)3-4-11(13)17(26)16(19(23)28)18(27)22-8-15(24)25/h2-7,26H,8H2,1H3,(H,22,27)(H,24,25). The largest absolute Gasteiger partial charge is 0.506 e. The summed E-state index contributed by atoms with van der Waals surface area (Å²) in [5, 5.41) is 21.5. The lowest BCUT2D eigenvalue weighted by atomic mass is 10.1. The van der Waals surface area contributed by atoms with Crippen LogP contribution in [0, 0.1) is 5.82 Å². The number of aryl methyl sites for hydroxylation is 1. The van der Waals surface area contributed by atoms with E-state index in [2.05, 4.69) is 0 Å². The Morgan fingerprint density at radius 2 is 1.97 bits per heavy atom. The first-order valence-corrected chi connectivity index (χ1v) is 8.55. The first-order chi connectivity index (χ1) is 13.7. The van der Waals surface area contributed by atoms with Crippen molar-refractivity contribution in [1.82, 2.24) is 9.88 Å². The molecule has 0 aliphatic carbocycles. The SMILES string of the molecule is Cn1c(=O)c(C(=O)NCC(=O)O)c(O)c2ccc(Oc3cc(Cl)ccc3F)cc21. The number of aliphatic carboxylic acids is 1. The Kier molecular flexibility index (Phi) is 5.42. The van der Waals surface area contributed by atoms with E-state index >= 15 is 0 Å². The molecule has 0 aliphatic rings. The lowest BCUT2D eigenvalue weighted by Crippen LogP contribution is -2.35. The molecule has 0 unspecified atom stereocenters. The van der Waals surface area contributed by atoms with Gasteiger partial charge in [-0.3, -0.25) is 14.4 Å². The van der Waals surface area contributed by atoms with Gasteiger partial charge in [-0.1, -0.05) is 11.6 Å². The number of carbonyl (C=O) groups excluding carboxylic acids is 1. The van der Waals surface area contributed by atoms with Gasteiger partial charge in [-0.25, -0.2) is 4.39 Å². The number of halogens is 2. The highest BCUT2D eigenvalue weighted by Crippen LogP contribution is 2.32. The zero-order chi connectivity index (χ0) is 21.3. The van der Waals surface area contributed by atoms with Crippen molar-refractivity contribution in [2.75, 3.05) is 6.54 Å². The minimum absolute atomic E-state index is 0.129. The molecule has 0 fully saturated rings. The summed E-state index contributed by atoms with van der Waals surface area (Å²) in [5.74, 6) is -3.53. The summed E-state index contributed by atoms with van der Waals surface area (Å²) < 4.78 is 20.4. The monoisotopic (exact) mass is 420 g/mol. The smallest absolute Gasteiger partial charge is 0.322 e. The van der Waals surface area contributed by atoms with Crippen LogP contribution in [0.3, 0.4) is 0 Å². The van der Waals surface area contributed by atoms with Crippen LogP contribution in [0.4, 0.5) is 4.39 Å². The van der Waals surface area contributed by atoms with Gasteiger partial charge in [0.2, 0.25) is 0 Å². The number of nitrogens with one attached hydrogen (secondary N) is 1. The van der Waals surface area contributed by atoms with Crippen molar-refractivity contribution < 1.29 is 28.9 Å². The van der Waals surface area contributed by atoms with Crippen molar-refractivity contribution in [3.05, 3.63) is 63.2 Å². The highest BCUT2D eigenvalue weighted by molar-refractivity contribution is 6.30. The fourth-order valence-corrected chi connectivity index (χ4v) is 2.86. The number of hydrogen-bond donors (Lipinski definition) is 3. The zero-order valence-corrected chi connectivity index (χ0v) is 15.7. The van der Waals surface area contributed by atoms with Crippen molar-refractivity contribution in [2.45, 2.75) is 0 Å². The van der Waals surface area contributed by atoms with Gasteiger partial charge in [0.15, 0.2) is 11.6 Å². The quantitative estimate of drug-likeness (QED) is 0.584. The Hall–Kier alpha value is -3.59. The number of carbonyl (C=O) groups is 2. The molecule has 0 saturated carbocycles. The van der Waals surface area contributed by atoms with Crippen LogP contribution >= 0.6 is 11.6 Å². The van der Waals surface area contributed by atoms with Crippen LogP contribution < -0.4 is 15.6 Å². The topological polar surface area (TPSA) is 118 Å². The maximum absolute atomic E-state index is 13.9. The van der Waals surface area contributed by atoms with Crippen LogP contribution in [0.1, 0.15) is 10.4 Å². The van der Waals surface area contributed by atoms with E-state index in [1.807, 2.05) is 5.32 Å². The number of ether oxygens (including phenoxy) is 1. The maximum Gasteiger partial charge on any atom is 0.322 e. The minimum atomic E-state index is -1.30. The Balaban J connectivity index is 2.06. The highest BCUT2D eigenvalue weighted by Gasteiger charge is 2.22. The van der Waals surface area contributed by atoms with Gasteiger partial charge < -0.3 is 24.8 Å². The van der Waals surface area contributed by atoms with Gasteiger partial charge in [-0.2, -0.15) is 0 Å². The van der Waals surface area contributed by atoms with E-state index in [4.69, 9.17) is 21.4 Å². The summed E-state index contributed by atoms with van der Waals surface area (Å²) >= 11 is 5.84. The van der Waals surface area contributed by atoms with Crippen molar-refractivity contribution in [2.24, 2.45) is 7.05 Å². The van der Waals surface area contributed by atoms with E-state index in [0.717, 1.165) is 10.6 Å². The van der Waals surface area contributed by atoms with Crippen LogP contribution in [0.5, 0.6) is 17.2 Å². The number of benzene rings is 2. The van der Waals surface area contributed by atoms with Gasteiger partial charge in [0.25, 0.3) is 11.5 Å². The molecular weight excluding hydrogens is 407 g/mol. The lowest BCUT2D eigenvalue weighted by molar-refractivity contribution is -0.135. The average Bonchev–Trinajstić information content (AvgIpc) is 2.67. The maximum atomic E-state index is 13.9. The van der Waals surface area contributed by atoms with E-state index in [9.17, 15) is 23.9 Å². The second kappa shape index (κ2) is 7.80. The summed E-state index contributed by atoms with van der Waals surface area (Å²) in [6, 6.07) is 7.97. The molecular formula is C19H14ClFN2O6. The van der Waals surface area contributed by atoms with Gasteiger partial charge in [0, 0.05) is 29.6 Å². The number of carboxylic acids is 1. The Morgan fingerprint density at radius 3 is 2.66 bits per heavy atom. The third kappa shape index (κ3) is 3.99.